The van der Waals surface area contributed by atoms with Crippen LogP contribution in [0.25, 0.3) is 0 Å². The van der Waals surface area contributed by atoms with Crippen LogP contribution in [-0.4, -0.2) is 54.4 Å². The van der Waals surface area contributed by atoms with Crippen molar-refractivity contribution in [3.63, 3.8) is 0 Å². The Kier molecular flexibility index (Phi) is 4.25. The molecule has 0 saturated carbocycles. The van der Waals surface area contributed by atoms with E-state index in [2.05, 4.69) is 0 Å². The molecule has 0 radical (unpaired) electrons. The molecule has 0 spiro atoms. The van der Waals surface area contributed by atoms with E-state index in [0.717, 1.165) is 5.56 Å². The molecule has 3 heterocycles. The van der Waals surface area contributed by atoms with E-state index in [-0.39, 0.29) is 13.2 Å². The summed E-state index contributed by atoms with van der Waals surface area (Å²) in [5.41, 5.74) is 0.906. The lowest BCUT2D eigenvalue weighted by Gasteiger charge is -2.45. The predicted molar refractivity (Wildman–Crippen MR) is 84.4 cm³/mol. The molecule has 3 saturated heterocycles. The van der Waals surface area contributed by atoms with Crippen molar-refractivity contribution in [1.29, 1.82) is 0 Å². The Hall–Kier alpha value is -1.58. The zero-order chi connectivity index (χ0) is 17.6. The summed E-state index contributed by atoms with van der Waals surface area (Å²) in [6, 6.07) is 9.61. The third-order valence-corrected chi connectivity index (χ3v) is 4.66. The van der Waals surface area contributed by atoms with Crippen LogP contribution in [-0.2, 0) is 23.7 Å². The summed E-state index contributed by atoms with van der Waals surface area (Å²) in [5, 5.41) is 11.0. The number of hydrogen-bond donors (Lipinski definition) is 0. The number of hydrogen-bond acceptors (Lipinski definition) is 7. The largest absolute Gasteiger partial charge is 0.360 e. The molecule has 6 atom stereocenters. The molecule has 3 aliphatic rings. The molecule has 0 aromatic heterocycles. The number of rotatable bonds is 3. The van der Waals surface area contributed by atoms with Gasteiger partial charge in [-0.15, -0.1) is 0 Å². The first kappa shape index (κ1) is 16.9. The maximum Gasteiger partial charge on any atom is 0.232 e. The zero-order valence-corrected chi connectivity index (χ0v) is 14.1. The minimum Gasteiger partial charge on any atom is -0.360 e. The summed E-state index contributed by atoms with van der Waals surface area (Å²) < 4.78 is 29.7. The van der Waals surface area contributed by atoms with Crippen LogP contribution in [0.3, 0.4) is 0 Å². The molecule has 1 aromatic carbocycles. The van der Waals surface area contributed by atoms with Gasteiger partial charge in [0.05, 0.1) is 6.61 Å². The summed E-state index contributed by atoms with van der Waals surface area (Å²) in [7, 11) is 0. The third kappa shape index (κ3) is 3.28. The monoisotopic (exact) mass is 351 g/mol. The first-order chi connectivity index (χ1) is 11.9. The highest BCUT2D eigenvalue weighted by molar-refractivity contribution is 5.17. The normalized spacial score (nSPS) is 39.4. The Balaban J connectivity index is 1.57. The fourth-order valence-corrected chi connectivity index (χ4v) is 3.69. The lowest BCUT2D eigenvalue weighted by molar-refractivity contribution is -0.499. The lowest BCUT2D eigenvalue weighted by atomic mass is 9.94. The number of fused-ring (bicyclic) bond motifs is 3. The molecular formula is C17H21NO7. The molecule has 0 unspecified atom stereocenters. The van der Waals surface area contributed by atoms with Gasteiger partial charge < -0.3 is 23.7 Å². The second kappa shape index (κ2) is 6.30. The summed E-state index contributed by atoms with van der Waals surface area (Å²) in [5.74, 6) is -0.841. The number of ether oxygens (including phenoxy) is 5. The molecule has 136 valence electrons. The van der Waals surface area contributed by atoms with Crippen molar-refractivity contribution in [3.8, 4) is 0 Å². The molecule has 0 bridgehead atoms. The van der Waals surface area contributed by atoms with Gasteiger partial charge in [0.1, 0.15) is 24.4 Å². The van der Waals surface area contributed by atoms with Gasteiger partial charge in [0.25, 0.3) is 0 Å². The molecule has 0 N–H and O–H groups in total. The van der Waals surface area contributed by atoms with Gasteiger partial charge in [0.2, 0.25) is 6.54 Å². The van der Waals surface area contributed by atoms with Crippen LogP contribution in [0.5, 0.6) is 0 Å². The van der Waals surface area contributed by atoms with E-state index < -0.39 is 47.5 Å². The minimum absolute atomic E-state index is 0.283. The van der Waals surface area contributed by atoms with Crippen molar-refractivity contribution in [2.75, 3.05) is 13.2 Å². The average molecular weight is 351 g/mol. The molecule has 1 aromatic rings. The van der Waals surface area contributed by atoms with Crippen LogP contribution in [0.1, 0.15) is 25.7 Å². The van der Waals surface area contributed by atoms with Crippen LogP contribution < -0.4 is 0 Å². The van der Waals surface area contributed by atoms with Gasteiger partial charge in [0, 0.05) is 10.5 Å². The van der Waals surface area contributed by atoms with E-state index in [1.807, 2.05) is 30.3 Å². The molecule has 4 rings (SSSR count). The smallest absolute Gasteiger partial charge is 0.232 e. The highest BCUT2D eigenvalue weighted by atomic mass is 16.8. The second-order valence-electron chi connectivity index (χ2n) is 6.97. The quantitative estimate of drug-likeness (QED) is 0.604. The third-order valence-electron chi connectivity index (χ3n) is 4.66. The molecule has 3 fully saturated rings. The fourth-order valence-electron chi connectivity index (χ4n) is 3.69. The van der Waals surface area contributed by atoms with Crippen LogP contribution in [0.15, 0.2) is 30.3 Å². The summed E-state index contributed by atoms with van der Waals surface area (Å²) in [4.78, 5) is 10.6. The van der Waals surface area contributed by atoms with E-state index >= 15 is 0 Å². The standard InChI is InChI=1S/C17H21NO7/c1-17(2)24-14-11(8-18(19)20)22-12-9-21-16(10-6-4-3-5-7-10)23-13(12)15(14)25-17/h3-7,11-16H,8-9H2,1-2H3/t11-,12+,13+,14-,15-,16+/m0/s1. The lowest BCUT2D eigenvalue weighted by Crippen LogP contribution is -2.61. The highest BCUT2D eigenvalue weighted by Crippen LogP contribution is 2.42. The summed E-state index contributed by atoms with van der Waals surface area (Å²) in [6.07, 6.45) is -3.03. The second-order valence-corrected chi connectivity index (χ2v) is 6.97. The van der Waals surface area contributed by atoms with Gasteiger partial charge in [0.15, 0.2) is 18.2 Å². The number of nitrogens with zero attached hydrogens (tertiary/aromatic N) is 1. The first-order valence-corrected chi connectivity index (χ1v) is 8.38. The van der Waals surface area contributed by atoms with E-state index in [9.17, 15) is 10.1 Å². The predicted octanol–water partition coefficient (Wildman–Crippen LogP) is 1.66. The molecule has 25 heavy (non-hydrogen) atoms. The fraction of sp³-hybridized carbons (Fsp3) is 0.647. The van der Waals surface area contributed by atoms with E-state index in [0.29, 0.717) is 0 Å². The molecule has 3 aliphatic heterocycles. The molecule has 0 aliphatic carbocycles. The van der Waals surface area contributed by atoms with Gasteiger partial charge >= 0.3 is 0 Å². The zero-order valence-electron chi connectivity index (χ0n) is 14.1. The summed E-state index contributed by atoms with van der Waals surface area (Å²) >= 11 is 0. The van der Waals surface area contributed by atoms with Crippen molar-refractivity contribution in [2.24, 2.45) is 0 Å². The Morgan fingerprint density at radius 1 is 1.12 bits per heavy atom. The average Bonchev–Trinajstić information content (AvgIpc) is 2.91. The van der Waals surface area contributed by atoms with Crippen molar-refractivity contribution in [1.82, 2.24) is 0 Å². The van der Waals surface area contributed by atoms with Crippen molar-refractivity contribution in [2.45, 2.75) is 56.4 Å². The highest BCUT2D eigenvalue weighted by Gasteiger charge is 2.58. The molecule has 8 heteroatoms. The van der Waals surface area contributed by atoms with Crippen molar-refractivity contribution in [3.05, 3.63) is 46.0 Å². The van der Waals surface area contributed by atoms with Gasteiger partial charge in [-0.25, -0.2) is 0 Å². The first-order valence-electron chi connectivity index (χ1n) is 8.38. The maximum atomic E-state index is 11.0. The Labute approximate surface area is 145 Å². The maximum absolute atomic E-state index is 11.0. The van der Waals surface area contributed by atoms with Crippen molar-refractivity contribution >= 4 is 0 Å². The molecular weight excluding hydrogens is 330 g/mol. The van der Waals surface area contributed by atoms with Crippen LogP contribution >= 0.6 is 0 Å². The minimum atomic E-state index is -0.841. The molecule has 8 nitrogen and oxygen atoms in total. The van der Waals surface area contributed by atoms with E-state index in [1.54, 1.807) is 13.8 Å². The topological polar surface area (TPSA) is 89.3 Å². The van der Waals surface area contributed by atoms with E-state index in [1.165, 1.54) is 0 Å². The Morgan fingerprint density at radius 3 is 2.56 bits per heavy atom. The van der Waals surface area contributed by atoms with Gasteiger partial charge in [-0.05, 0) is 13.8 Å². The van der Waals surface area contributed by atoms with E-state index in [4.69, 9.17) is 23.7 Å². The van der Waals surface area contributed by atoms with Crippen LogP contribution in [0, 0.1) is 10.1 Å². The van der Waals surface area contributed by atoms with Gasteiger partial charge in [-0.2, -0.15) is 0 Å². The van der Waals surface area contributed by atoms with Crippen LogP contribution in [0.4, 0.5) is 0 Å². The SMILES string of the molecule is CC1(C)O[C@@H]2[C@@H](O1)[C@H](C[N+](=O)[O-])O[C@@H]1CO[C@@H](c3ccccc3)O[C@@H]21. The van der Waals surface area contributed by atoms with Gasteiger partial charge in [-0.1, -0.05) is 30.3 Å². The van der Waals surface area contributed by atoms with Crippen molar-refractivity contribution < 1.29 is 28.6 Å². The number of nitro groups is 1. The van der Waals surface area contributed by atoms with Crippen LogP contribution in [0.2, 0.25) is 0 Å². The Morgan fingerprint density at radius 2 is 1.84 bits per heavy atom. The van der Waals surface area contributed by atoms with Gasteiger partial charge in [-0.3, -0.25) is 10.1 Å². The number of benzene rings is 1. The summed E-state index contributed by atoms with van der Waals surface area (Å²) in [6.45, 7) is 3.52. The Bertz CT molecular complexity index is 637. The molecule has 0 amide bonds.